The third kappa shape index (κ3) is 2.27. The summed E-state index contributed by atoms with van der Waals surface area (Å²) in [6.07, 6.45) is 4.25. The molecule has 0 bridgehead atoms. The molecule has 0 spiro atoms. The number of aryl methyl sites for hydroxylation is 1. The predicted octanol–water partition coefficient (Wildman–Crippen LogP) is 3.59. The van der Waals surface area contributed by atoms with Gasteiger partial charge in [0.15, 0.2) is 0 Å². The van der Waals surface area contributed by atoms with Gasteiger partial charge in [0.2, 0.25) is 0 Å². The normalized spacial score (nSPS) is 11.1. The lowest BCUT2D eigenvalue weighted by Crippen LogP contribution is -2.01. The fraction of sp³-hybridized carbons (Fsp3) is 0.429. The second kappa shape index (κ2) is 5.17. The Morgan fingerprint density at radius 3 is 2.81 bits per heavy atom. The summed E-state index contributed by atoms with van der Waals surface area (Å²) in [6.45, 7) is 5.79. The van der Waals surface area contributed by atoms with E-state index in [0.717, 1.165) is 19.4 Å². The van der Waals surface area contributed by atoms with E-state index in [2.05, 4.69) is 48.9 Å². The molecule has 0 aliphatic carbocycles. The number of hydrogen-bond acceptors (Lipinski definition) is 1. The first-order valence-electron chi connectivity index (χ1n) is 6.00. The van der Waals surface area contributed by atoms with E-state index < -0.39 is 0 Å². The highest BCUT2D eigenvalue weighted by Crippen LogP contribution is 2.18. The highest BCUT2D eigenvalue weighted by Gasteiger charge is 2.01. The maximum atomic E-state index is 5.57. The molecular formula is C14H19NO. The Hall–Kier alpha value is -1.28. The van der Waals surface area contributed by atoms with Gasteiger partial charge in [-0.15, -0.1) is 0 Å². The molecule has 0 aliphatic heterocycles. The first-order chi connectivity index (χ1) is 7.85. The van der Waals surface area contributed by atoms with Gasteiger partial charge in [0.05, 0.1) is 5.52 Å². The van der Waals surface area contributed by atoms with Crippen molar-refractivity contribution in [1.29, 1.82) is 0 Å². The second-order valence-corrected chi connectivity index (χ2v) is 4.07. The predicted molar refractivity (Wildman–Crippen MR) is 67.6 cm³/mol. The molecule has 0 aliphatic rings. The number of aromatic nitrogens is 1. The van der Waals surface area contributed by atoms with Crippen molar-refractivity contribution in [3.8, 4) is 0 Å². The monoisotopic (exact) mass is 217 g/mol. The average Bonchev–Trinajstić information content (AvgIpc) is 2.72. The summed E-state index contributed by atoms with van der Waals surface area (Å²) in [6, 6.07) is 8.78. The van der Waals surface area contributed by atoms with Gasteiger partial charge in [0.25, 0.3) is 0 Å². The fourth-order valence-electron chi connectivity index (χ4n) is 1.87. The molecule has 2 heteroatoms. The highest BCUT2D eigenvalue weighted by atomic mass is 16.5. The summed E-state index contributed by atoms with van der Waals surface area (Å²) in [4.78, 5) is 0. The van der Waals surface area contributed by atoms with Crippen molar-refractivity contribution < 1.29 is 4.74 Å². The molecule has 0 saturated carbocycles. The van der Waals surface area contributed by atoms with Crippen LogP contribution in [-0.2, 0) is 17.9 Å². The van der Waals surface area contributed by atoms with Crippen LogP contribution in [0.2, 0.25) is 0 Å². The molecular weight excluding hydrogens is 198 g/mol. The average molecular weight is 217 g/mol. The Balaban J connectivity index is 2.24. The molecule has 0 unspecified atom stereocenters. The molecule has 0 saturated heterocycles. The summed E-state index contributed by atoms with van der Waals surface area (Å²) in [5, 5.41) is 1.29. The molecule has 1 heterocycles. The van der Waals surface area contributed by atoms with Crippen LogP contribution in [0.4, 0.5) is 0 Å². The molecule has 2 nitrogen and oxygen atoms in total. The van der Waals surface area contributed by atoms with E-state index in [-0.39, 0.29) is 0 Å². The van der Waals surface area contributed by atoms with Crippen molar-refractivity contribution in [1.82, 2.24) is 4.57 Å². The van der Waals surface area contributed by atoms with Gasteiger partial charge in [0, 0.05) is 12.8 Å². The summed E-state index contributed by atoms with van der Waals surface area (Å²) in [5.41, 5.74) is 2.65. The quantitative estimate of drug-likeness (QED) is 0.698. The Morgan fingerprint density at radius 1 is 1.19 bits per heavy atom. The fourth-order valence-corrected chi connectivity index (χ4v) is 1.87. The van der Waals surface area contributed by atoms with Crippen molar-refractivity contribution in [2.24, 2.45) is 0 Å². The number of ether oxygens (including phenoxy) is 1. The van der Waals surface area contributed by atoms with Crippen molar-refractivity contribution in [2.75, 3.05) is 6.61 Å². The van der Waals surface area contributed by atoms with E-state index in [1.54, 1.807) is 0 Å². The van der Waals surface area contributed by atoms with E-state index in [1.165, 1.54) is 16.5 Å². The third-order valence-electron chi connectivity index (χ3n) is 2.83. The lowest BCUT2D eigenvalue weighted by Gasteiger charge is -2.06. The highest BCUT2D eigenvalue weighted by molar-refractivity contribution is 5.80. The molecule has 0 atom stereocenters. The maximum absolute atomic E-state index is 5.57. The minimum absolute atomic E-state index is 0.657. The lowest BCUT2D eigenvalue weighted by molar-refractivity contribution is 0.0804. The number of benzene rings is 1. The Bertz CT molecular complexity index is 459. The van der Waals surface area contributed by atoms with Gasteiger partial charge in [-0.1, -0.05) is 26.0 Å². The molecule has 1 aromatic carbocycles. The Morgan fingerprint density at radius 2 is 2.06 bits per heavy atom. The first kappa shape index (κ1) is 11.2. The first-order valence-corrected chi connectivity index (χ1v) is 6.00. The molecule has 16 heavy (non-hydrogen) atoms. The minimum atomic E-state index is 0.657. The van der Waals surface area contributed by atoms with E-state index in [1.807, 2.05) is 0 Å². The van der Waals surface area contributed by atoms with Crippen LogP contribution in [0.3, 0.4) is 0 Å². The summed E-state index contributed by atoms with van der Waals surface area (Å²) in [5.74, 6) is 0. The van der Waals surface area contributed by atoms with Crippen LogP contribution in [0.25, 0.3) is 10.9 Å². The molecule has 2 rings (SSSR count). The topological polar surface area (TPSA) is 14.2 Å². The summed E-state index contributed by atoms with van der Waals surface area (Å²) < 4.78 is 7.74. The van der Waals surface area contributed by atoms with Crippen molar-refractivity contribution in [3.63, 3.8) is 0 Å². The SMILES string of the molecule is CCCOCn1ccc2ccc(CC)cc21. The number of hydrogen-bond donors (Lipinski definition) is 0. The van der Waals surface area contributed by atoms with E-state index >= 15 is 0 Å². The van der Waals surface area contributed by atoms with Crippen LogP contribution in [0.1, 0.15) is 25.8 Å². The van der Waals surface area contributed by atoms with Crippen LogP contribution in [0.15, 0.2) is 30.5 Å². The van der Waals surface area contributed by atoms with Gasteiger partial charge in [-0.25, -0.2) is 0 Å². The van der Waals surface area contributed by atoms with Crippen LogP contribution in [-0.4, -0.2) is 11.2 Å². The van der Waals surface area contributed by atoms with Gasteiger partial charge in [-0.2, -0.15) is 0 Å². The minimum Gasteiger partial charge on any atom is -0.361 e. The van der Waals surface area contributed by atoms with Crippen LogP contribution in [0.5, 0.6) is 0 Å². The molecule has 0 amide bonds. The lowest BCUT2D eigenvalue weighted by atomic mass is 10.1. The number of nitrogens with zero attached hydrogens (tertiary/aromatic N) is 1. The Labute approximate surface area is 96.8 Å². The van der Waals surface area contributed by atoms with E-state index in [9.17, 15) is 0 Å². The van der Waals surface area contributed by atoms with Gasteiger partial charge in [0.1, 0.15) is 6.73 Å². The molecule has 1 aromatic heterocycles. The zero-order chi connectivity index (χ0) is 11.4. The molecule has 0 fully saturated rings. The van der Waals surface area contributed by atoms with E-state index in [0.29, 0.717) is 6.73 Å². The summed E-state index contributed by atoms with van der Waals surface area (Å²) in [7, 11) is 0. The largest absolute Gasteiger partial charge is 0.361 e. The molecule has 0 radical (unpaired) electrons. The number of rotatable bonds is 5. The second-order valence-electron chi connectivity index (χ2n) is 4.07. The zero-order valence-corrected chi connectivity index (χ0v) is 10.1. The van der Waals surface area contributed by atoms with Crippen molar-refractivity contribution in [3.05, 3.63) is 36.0 Å². The standard InChI is InChI=1S/C14H19NO/c1-3-9-16-11-15-8-7-13-6-5-12(4-2)10-14(13)15/h5-8,10H,3-4,9,11H2,1-2H3. The van der Waals surface area contributed by atoms with Crippen LogP contribution >= 0.6 is 0 Å². The van der Waals surface area contributed by atoms with Gasteiger partial charge < -0.3 is 9.30 Å². The van der Waals surface area contributed by atoms with Crippen LogP contribution in [0, 0.1) is 0 Å². The van der Waals surface area contributed by atoms with Gasteiger partial charge >= 0.3 is 0 Å². The number of fused-ring (bicyclic) bond motifs is 1. The third-order valence-corrected chi connectivity index (χ3v) is 2.83. The smallest absolute Gasteiger partial charge is 0.122 e. The van der Waals surface area contributed by atoms with Gasteiger partial charge in [-0.3, -0.25) is 0 Å². The van der Waals surface area contributed by atoms with Gasteiger partial charge in [-0.05, 0) is 35.9 Å². The molecule has 86 valence electrons. The van der Waals surface area contributed by atoms with Crippen molar-refractivity contribution >= 4 is 10.9 Å². The Kier molecular flexibility index (Phi) is 3.62. The van der Waals surface area contributed by atoms with Crippen molar-refractivity contribution in [2.45, 2.75) is 33.4 Å². The molecule has 0 N–H and O–H groups in total. The zero-order valence-electron chi connectivity index (χ0n) is 10.1. The maximum Gasteiger partial charge on any atom is 0.122 e. The summed E-state index contributed by atoms with van der Waals surface area (Å²) >= 11 is 0. The van der Waals surface area contributed by atoms with Crippen LogP contribution < -0.4 is 0 Å². The van der Waals surface area contributed by atoms with E-state index in [4.69, 9.17) is 4.74 Å². The molecule has 2 aromatic rings.